The van der Waals surface area contributed by atoms with Gasteiger partial charge in [-0.3, -0.25) is 4.57 Å². The summed E-state index contributed by atoms with van der Waals surface area (Å²) in [5, 5.41) is 0. The van der Waals surface area contributed by atoms with Crippen LogP contribution in [0.3, 0.4) is 0 Å². The fourth-order valence-electron chi connectivity index (χ4n) is 5.69. The van der Waals surface area contributed by atoms with Crippen molar-refractivity contribution in [2.75, 3.05) is 0 Å². The lowest BCUT2D eigenvalue weighted by Crippen LogP contribution is -2.47. The molecule has 0 saturated heterocycles. The maximum atomic E-state index is 12.5. The molecule has 5 rings (SSSR count). The van der Waals surface area contributed by atoms with Gasteiger partial charge in [-0.1, -0.05) is 20.8 Å². The van der Waals surface area contributed by atoms with E-state index in [0.29, 0.717) is 6.04 Å². The average Bonchev–Trinajstić information content (AvgIpc) is 2.66. The Kier molecular flexibility index (Phi) is 2.93. The second-order valence-corrected chi connectivity index (χ2v) is 9.15. The van der Waals surface area contributed by atoms with Gasteiger partial charge in [0.05, 0.1) is 0 Å². The number of hydrogen-bond acceptors (Lipinski definition) is 1. The number of rotatable bonds is 2. The number of aromatic nitrogens is 2. The predicted octanol–water partition coefficient (Wildman–Crippen LogP) is 3.76. The zero-order valence-corrected chi connectivity index (χ0v) is 13.6. The van der Waals surface area contributed by atoms with E-state index in [2.05, 4.69) is 36.5 Å². The van der Waals surface area contributed by atoms with Crippen LogP contribution in [0, 0.1) is 29.1 Å². The van der Waals surface area contributed by atoms with E-state index in [9.17, 15) is 4.79 Å². The maximum absolute atomic E-state index is 12.5. The average molecular weight is 288 g/mol. The highest BCUT2D eigenvalue weighted by atomic mass is 16.1. The van der Waals surface area contributed by atoms with Gasteiger partial charge in [0, 0.05) is 17.9 Å². The quantitative estimate of drug-likeness (QED) is 0.884. The lowest BCUT2D eigenvalue weighted by atomic mass is 9.54. The minimum Gasteiger partial charge on any atom is -0.310 e. The molecule has 3 heteroatoms. The Bertz CT molecular complexity index is 561. The molecule has 0 aromatic carbocycles. The van der Waals surface area contributed by atoms with Crippen LogP contribution in [0.25, 0.3) is 0 Å². The zero-order valence-electron chi connectivity index (χ0n) is 13.6. The predicted molar refractivity (Wildman–Crippen MR) is 84.3 cm³/mol. The third-order valence-corrected chi connectivity index (χ3v) is 6.02. The molecular weight excluding hydrogens is 260 g/mol. The molecule has 1 N–H and O–H groups in total. The highest BCUT2D eigenvalue weighted by molar-refractivity contribution is 5.06. The summed E-state index contributed by atoms with van der Waals surface area (Å²) in [5.74, 6) is 3.45. The molecule has 1 aromatic heterocycles. The SMILES string of the molecule is CC(C)(C)Cc1cn(C2C3CC4CC(C3)CC2C4)c(=O)[nH]1. The van der Waals surface area contributed by atoms with E-state index in [-0.39, 0.29) is 11.1 Å². The minimum absolute atomic E-state index is 0.131. The molecule has 0 spiro atoms. The Morgan fingerprint density at radius 2 is 1.67 bits per heavy atom. The van der Waals surface area contributed by atoms with Crippen molar-refractivity contribution in [2.24, 2.45) is 29.1 Å². The van der Waals surface area contributed by atoms with Crippen LogP contribution in [0.2, 0.25) is 0 Å². The van der Waals surface area contributed by atoms with E-state index < -0.39 is 0 Å². The van der Waals surface area contributed by atoms with Crippen molar-refractivity contribution >= 4 is 0 Å². The van der Waals surface area contributed by atoms with Crippen LogP contribution < -0.4 is 5.69 Å². The molecule has 4 fully saturated rings. The molecule has 116 valence electrons. The number of nitrogens with zero attached hydrogens (tertiary/aromatic N) is 1. The summed E-state index contributed by atoms with van der Waals surface area (Å²) in [6, 6.07) is 0.482. The van der Waals surface area contributed by atoms with Gasteiger partial charge in [0.15, 0.2) is 0 Å². The molecular formula is C18H28N2O. The van der Waals surface area contributed by atoms with E-state index in [1.165, 1.54) is 32.1 Å². The Morgan fingerprint density at radius 3 is 2.19 bits per heavy atom. The summed E-state index contributed by atoms with van der Waals surface area (Å²) >= 11 is 0. The molecule has 1 aromatic rings. The van der Waals surface area contributed by atoms with Gasteiger partial charge >= 0.3 is 5.69 Å². The fourth-order valence-corrected chi connectivity index (χ4v) is 5.69. The molecule has 4 saturated carbocycles. The first-order valence-electron chi connectivity index (χ1n) is 8.69. The van der Waals surface area contributed by atoms with Crippen molar-refractivity contribution in [1.29, 1.82) is 0 Å². The Labute approximate surface area is 127 Å². The van der Waals surface area contributed by atoms with Crippen molar-refractivity contribution in [3.05, 3.63) is 22.4 Å². The van der Waals surface area contributed by atoms with Gasteiger partial charge in [0.1, 0.15) is 0 Å². The van der Waals surface area contributed by atoms with E-state index >= 15 is 0 Å². The first kappa shape index (κ1) is 13.7. The molecule has 21 heavy (non-hydrogen) atoms. The molecule has 4 bridgehead atoms. The first-order valence-corrected chi connectivity index (χ1v) is 8.69. The fraction of sp³-hybridized carbons (Fsp3) is 0.833. The van der Waals surface area contributed by atoms with E-state index in [1.54, 1.807) is 0 Å². The monoisotopic (exact) mass is 288 g/mol. The summed E-state index contributed by atoms with van der Waals surface area (Å²) in [5.41, 5.74) is 1.46. The van der Waals surface area contributed by atoms with E-state index in [0.717, 1.165) is 35.8 Å². The van der Waals surface area contributed by atoms with Crippen LogP contribution in [0.1, 0.15) is 64.6 Å². The van der Waals surface area contributed by atoms with Crippen molar-refractivity contribution in [3.8, 4) is 0 Å². The van der Waals surface area contributed by atoms with Crippen LogP contribution in [-0.4, -0.2) is 9.55 Å². The Hall–Kier alpha value is -0.990. The van der Waals surface area contributed by atoms with Crippen LogP contribution in [0.4, 0.5) is 0 Å². The number of aromatic amines is 1. The zero-order chi connectivity index (χ0) is 14.8. The molecule has 0 amide bonds. The lowest BCUT2D eigenvalue weighted by Gasteiger charge is -2.54. The number of H-pyrrole nitrogens is 1. The highest BCUT2D eigenvalue weighted by Crippen LogP contribution is 2.57. The van der Waals surface area contributed by atoms with Crippen molar-refractivity contribution < 1.29 is 0 Å². The van der Waals surface area contributed by atoms with Gasteiger partial charge < -0.3 is 4.98 Å². The van der Waals surface area contributed by atoms with Gasteiger partial charge in [0.25, 0.3) is 0 Å². The largest absolute Gasteiger partial charge is 0.325 e. The topological polar surface area (TPSA) is 37.8 Å². The van der Waals surface area contributed by atoms with Crippen LogP contribution in [0.5, 0.6) is 0 Å². The summed E-state index contributed by atoms with van der Waals surface area (Å²) in [6.45, 7) is 6.68. The summed E-state index contributed by atoms with van der Waals surface area (Å²) < 4.78 is 2.08. The van der Waals surface area contributed by atoms with Crippen LogP contribution in [0.15, 0.2) is 11.0 Å². The van der Waals surface area contributed by atoms with Crippen molar-refractivity contribution in [1.82, 2.24) is 9.55 Å². The molecule has 0 atom stereocenters. The smallest absolute Gasteiger partial charge is 0.310 e. The molecule has 3 nitrogen and oxygen atoms in total. The summed E-state index contributed by atoms with van der Waals surface area (Å²) in [6.07, 6.45) is 10.0. The second kappa shape index (κ2) is 4.50. The first-order chi connectivity index (χ1) is 9.89. The normalized spacial score (nSPS) is 38.1. The van der Waals surface area contributed by atoms with Gasteiger partial charge in [0.2, 0.25) is 0 Å². The molecule has 4 aliphatic carbocycles. The molecule has 4 aliphatic rings. The maximum Gasteiger partial charge on any atom is 0.325 e. The van der Waals surface area contributed by atoms with Crippen LogP contribution >= 0.6 is 0 Å². The highest BCUT2D eigenvalue weighted by Gasteiger charge is 2.49. The minimum atomic E-state index is 0.131. The van der Waals surface area contributed by atoms with Crippen LogP contribution in [-0.2, 0) is 6.42 Å². The molecule has 0 unspecified atom stereocenters. The number of hydrogen-bond donors (Lipinski definition) is 1. The number of nitrogens with one attached hydrogen (secondary N) is 1. The van der Waals surface area contributed by atoms with Crippen molar-refractivity contribution in [2.45, 2.75) is 65.3 Å². The van der Waals surface area contributed by atoms with Gasteiger partial charge in [-0.15, -0.1) is 0 Å². The molecule has 1 heterocycles. The van der Waals surface area contributed by atoms with E-state index in [1.807, 2.05) is 0 Å². The van der Waals surface area contributed by atoms with Gasteiger partial charge in [-0.2, -0.15) is 0 Å². The third kappa shape index (κ3) is 2.39. The molecule has 0 radical (unpaired) electrons. The third-order valence-electron chi connectivity index (χ3n) is 6.02. The Balaban J connectivity index is 1.63. The molecule has 0 aliphatic heterocycles. The van der Waals surface area contributed by atoms with Gasteiger partial charge in [-0.05, 0) is 67.6 Å². The van der Waals surface area contributed by atoms with Gasteiger partial charge in [-0.25, -0.2) is 4.79 Å². The summed E-state index contributed by atoms with van der Waals surface area (Å²) in [7, 11) is 0. The Morgan fingerprint density at radius 1 is 1.10 bits per heavy atom. The summed E-state index contributed by atoms with van der Waals surface area (Å²) in [4.78, 5) is 15.6. The second-order valence-electron chi connectivity index (χ2n) is 9.15. The number of imidazole rings is 1. The lowest BCUT2D eigenvalue weighted by molar-refractivity contribution is -0.0303. The van der Waals surface area contributed by atoms with E-state index in [4.69, 9.17) is 0 Å². The standard InChI is InChI=1S/C18H28N2O/c1-18(2,3)9-15-10-20(17(21)19-15)16-13-5-11-4-12(7-13)8-14(16)6-11/h10-14,16H,4-9H2,1-3H3,(H,19,21). The van der Waals surface area contributed by atoms with Crippen molar-refractivity contribution in [3.63, 3.8) is 0 Å².